The summed E-state index contributed by atoms with van der Waals surface area (Å²) in [5.74, 6) is 0.740. The van der Waals surface area contributed by atoms with Crippen molar-refractivity contribution < 1.29 is 4.79 Å². The third-order valence-electron chi connectivity index (χ3n) is 5.04. The lowest BCUT2D eigenvalue weighted by Gasteiger charge is -2.15. The first kappa shape index (κ1) is 13.8. The van der Waals surface area contributed by atoms with Crippen molar-refractivity contribution in [1.29, 1.82) is 5.26 Å². The van der Waals surface area contributed by atoms with Gasteiger partial charge in [-0.15, -0.1) is 0 Å². The summed E-state index contributed by atoms with van der Waals surface area (Å²) >= 11 is 0. The Morgan fingerprint density at radius 2 is 2.19 bits per heavy atom. The molecule has 2 aliphatic carbocycles. The zero-order chi connectivity index (χ0) is 14.9. The minimum absolute atomic E-state index is 0.0503. The molecule has 1 aromatic carbocycles. The lowest BCUT2D eigenvalue weighted by molar-refractivity contribution is -0.123. The third kappa shape index (κ3) is 2.56. The van der Waals surface area contributed by atoms with Crippen LogP contribution in [0.2, 0.25) is 0 Å². The van der Waals surface area contributed by atoms with Crippen LogP contribution in [0.4, 0.5) is 0 Å². The average Bonchev–Trinajstić information content (AvgIpc) is 3.13. The van der Waals surface area contributed by atoms with Gasteiger partial charge in [0.2, 0.25) is 5.91 Å². The molecular formula is C17H19N3O. The minimum Gasteiger partial charge on any atom is -0.273 e. The summed E-state index contributed by atoms with van der Waals surface area (Å²) in [7, 11) is 0. The first-order valence-corrected chi connectivity index (χ1v) is 7.48. The van der Waals surface area contributed by atoms with E-state index in [1.54, 1.807) is 18.3 Å². The molecule has 2 fully saturated rings. The highest BCUT2D eigenvalue weighted by molar-refractivity contribution is 5.85. The molecular weight excluding hydrogens is 262 g/mol. The molecule has 0 spiro atoms. The molecule has 0 aromatic heterocycles. The maximum absolute atomic E-state index is 12.2. The summed E-state index contributed by atoms with van der Waals surface area (Å²) in [5, 5.41) is 12.8. The Kier molecular flexibility index (Phi) is 3.50. The van der Waals surface area contributed by atoms with Gasteiger partial charge in [-0.2, -0.15) is 10.4 Å². The van der Waals surface area contributed by atoms with Crippen LogP contribution in [0, 0.1) is 28.6 Å². The Balaban J connectivity index is 1.56. The quantitative estimate of drug-likeness (QED) is 0.684. The maximum Gasteiger partial charge on any atom is 0.244 e. The first-order valence-electron chi connectivity index (χ1n) is 7.48. The fourth-order valence-electron chi connectivity index (χ4n) is 3.73. The molecule has 21 heavy (non-hydrogen) atoms. The van der Waals surface area contributed by atoms with Gasteiger partial charge in [0.1, 0.15) is 0 Å². The number of nitriles is 1. The monoisotopic (exact) mass is 281 g/mol. The number of benzene rings is 1. The first-order chi connectivity index (χ1) is 10.1. The molecule has 1 aromatic rings. The van der Waals surface area contributed by atoms with Gasteiger partial charge < -0.3 is 0 Å². The van der Waals surface area contributed by atoms with E-state index in [9.17, 15) is 4.79 Å². The number of fused-ring (bicyclic) bond motifs is 1. The summed E-state index contributed by atoms with van der Waals surface area (Å²) in [6, 6.07) is 9.17. The van der Waals surface area contributed by atoms with E-state index < -0.39 is 0 Å². The van der Waals surface area contributed by atoms with E-state index in [4.69, 9.17) is 5.26 Å². The maximum atomic E-state index is 12.2. The predicted molar refractivity (Wildman–Crippen MR) is 80.4 cm³/mol. The van der Waals surface area contributed by atoms with E-state index in [-0.39, 0.29) is 17.2 Å². The Morgan fingerprint density at radius 1 is 1.43 bits per heavy atom. The van der Waals surface area contributed by atoms with E-state index in [0.717, 1.165) is 12.0 Å². The molecule has 2 aliphatic rings. The highest BCUT2D eigenvalue weighted by atomic mass is 16.2. The molecule has 3 rings (SSSR count). The molecule has 2 saturated carbocycles. The number of nitrogens with one attached hydrogen (secondary N) is 1. The van der Waals surface area contributed by atoms with Crippen molar-refractivity contribution in [1.82, 2.24) is 5.43 Å². The predicted octanol–water partition coefficient (Wildman–Crippen LogP) is 2.83. The van der Waals surface area contributed by atoms with Crippen molar-refractivity contribution in [2.24, 2.45) is 22.4 Å². The molecule has 0 radical (unpaired) electrons. The topological polar surface area (TPSA) is 65.2 Å². The van der Waals surface area contributed by atoms with Crippen molar-refractivity contribution >= 4 is 12.1 Å². The Morgan fingerprint density at radius 3 is 2.81 bits per heavy atom. The Hall–Kier alpha value is -2.15. The van der Waals surface area contributed by atoms with Gasteiger partial charge in [0.25, 0.3) is 0 Å². The fourth-order valence-corrected chi connectivity index (χ4v) is 3.73. The SMILES string of the molecule is C[C@]12CCCC[C@H]1[C@H]2C(=O)NN=Cc1ccc(C#N)cc1. The van der Waals surface area contributed by atoms with Crippen molar-refractivity contribution in [2.45, 2.75) is 32.6 Å². The second-order valence-corrected chi connectivity index (χ2v) is 6.30. The normalized spacial score (nSPS) is 30.5. The zero-order valence-electron chi connectivity index (χ0n) is 12.2. The lowest BCUT2D eigenvalue weighted by atomic mass is 9.90. The molecule has 3 atom stereocenters. The van der Waals surface area contributed by atoms with Crippen LogP contribution in [-0.2, 0) is 4.79 Å². The number of hydrogen-bond acceptors (Lipinski definition) is 3. The number of hydrazone groups is 1. The lowest BCUT2D eigenvalue weighted by Crippen LogP contribution is -2.22. The number of hydrogen-bond donors (Lipinski definition) is 1. The van der Waals surface area contributed by atoms with Gasteiger partial charge in [-0.3, -0.25) is 4.79 Å². The molecule has 0 aliphatic heterocycles. The molecule has 108 valence electrons. The molecule has 0 saturated heterocycles. The number of nitrogens with zero attached hydrogens (tertiary/aromatic N) is 2. The summed E-state index contributed by atoms with van der Waals surface area (Å²) in [6.07, 6.45) is 6.44. The number of amides is 1. The second-order valence-electron chi connectivity index (χ2n) is 6.30. The Bertz CT molecular complexity index is 614. The van der Waals surface area contributed by atoms with Crippen LogP contribution in [-0.4, -0.2) is 12.1 Å². The standard InChI is InChI=1S/C17H19N3O/c1-17-9-3-2-4-14(17)15(17)16(21)20-19-11-13-7-5-12(10-18)6-8-13/h5-8,11,14-15H,2-4,9H2,1H3,(H,20,21)/t14-,15-,17-/m0/s1. The average molecular weight is 281 g/mol. The highest BCUT2D eigenvalue weighted by Crippen LogP contribution is 2.66. The molecule has 1 amide bonds. The summed E-state index contributed by atoms with van der Waals surface area (Å²) < 4.78 is 0. The van der Waals surface area contributed by atoms with E-state index in [1.165, 1.54) is 19.3 Å². The van der Waals surface area contributed by atoms with E-state index >= 15 is 0 Å². The van der Waals surface area contributed by atoms with Crippen LogP contribution >= 0.6 is 0 Å². The van der Waals surface area contributed by atoms with Crippen molar-refractivity contribution in [3.63, 3.8) is 0 Å². The van der Waals surface area contributed by atoms with Crippen molar-refractivity contribution in [2.75, 3.05) is 0 Å². The molecule has 4 nitrogen and oxygen atoms in total. The molecule has 0 unspecified atom stereocenters. The zero-order valence-corrected chi connectivity index (χ0v) is 12.2. The largest absolute Gasteiger partial charge is 0.273 e. The third-order valence-corrected chi connectivity index (χ3v) is 5.04. The van der Waals surface area contributed by atoms with Crippen molar-refractivity contribution in [3.05, 3.63) is 35.4 Å². The van der Waals surface area contributed by atoms with Crippen molar-refractivity contribution in [3.8, 4) is 6.07 Å². The van der Waals surface area contributed by atoms with Crippen LogP contribution in [0.25, 0.3) is 0 Å². The van der Waals surface area contributed by atoms with Gasteiger partial charge >= 0.3 is 0 Å². The van der Waals surface area contributed by atoms with Crippen LogP contribution < -0.4 is 5.43 Å². The molecule has 0 bridgehead atoms. The van der Waals surface area contributed by atoms with Gasteiger partial charge in [0.15, 0.2) is 0 Å². The fraction of sp³-hybridized carbons (Fsp3) is 0.471. The summed E-state index contributed by atoms with van der Waals surface area (Å²) in [5.41, 5.74) is 4.37. The Labute approximate surface area is 124 Å². The van der Waals surface area contributed by atoms with E-state index in [1.807, 2.05) is 12.1 Å². The van der Waals surface area contributed by atoms with Crippen LogP contribution in [0.15, 0.2) is 29.4 Å². The molecule has 1 N–H and O–H groups in total. The van der Waals surface area contributed by atoms with Gasteiger partial charge in [0, 0.05) is 5.92 Å². The van der Waals surface area contributed by atoms with Crippen LogP contribution in [0.1, 0.15) is 43.7 Å². The highest BCUT2D eigenvalue weighted by Gasteiger charge is 2.64. The van der Waals surface area contributed by atoms with Crippen LogP contribution in [0.3, 0.4) is 0 Å². The smallest absolute Gasteiger partial charge is 0.244 e. The van der Waals surface area contributed by atoms with Gasteiger partial charge in [-0.25, -0.2) is 5.43 Å². The van der Waals surface area contributed by atoms with Gasteiger partial charge in [0.05, 0.1) is 17.8 Å². The van der Waals surface area contributed by atoms with E-state index in [2.05, 4.69) is 23.5 Å². The molecule has 4 heteroatoms. The minimum atomic E-state index is 0.0503. The second kappa shape index (κ2) is 5.33. The number of rotatable bonds is 3. The van der Waals surface area contributed by atoms with Gasteiger partial charge in [-0.05, 0) is 41.9 Å². The summed E-state index contributed by atoms with van der Waals surface area (Å²) in [4.78, 5) is 12.2. The van der Waals surface area contributed by atoms with Crippen LogP contribution in [0.5, 0.6) is 0 Å². The van der Waals surface area contributed by atoms with E-state index in [0.29, 0.717) is 11.5 Å². The molecule has 0 heterocycles. The van der Waals surface area contributed by atoms with Gasteiger partial charge in [-0.1, -0.05) is 31.9 Å². The summed E-state index contributed by atoms with van der Waals surface area (Å²) in [6.45, 7) is 2.23. The number of carbonyl (C=O) groups is 1. The number of carbonyl (C=O) groups excluding carboxylic acids is 1.